The van der Waals surface area contributed by atoms with Crippen LogP contribution >= 0.6 is 0 Å². The van der Waals surface area contributed by atoms with Crippen LogP contribution in [0, 0.1) is 0 Å². The van der Waals surface area contributed by atoms with Crippen molar-refractivity contribution in [3.8, 4) is 0 Å². The third-order valence-corrected chi connectivity index (χ3v) is 1.15. The van der Waals surface area contributed by atoms with Crippen molar-refractivity contribution in [2.24, 2.45) is 9.98 Å². The van der Waals surface area contributed by atoms with Crippen molar-refractivity contribution in [3.05, 3.63) is 0 Å². The van der Waals surface area contributed by atoms with Gasteiger partial charge in [0, 0.05) is 13.1 Å². The van der Waals surface area contributed by atoms with Crippen LogP contribution in [-0.4, -0.2) is 24.8 Å². The van der Waals surface area contributed by atoms with Crippen molar-refractivity contribution in [2.45, 2.75) is 33.7 Å². The van der Waals surface area contributed by atoms with E-state index in [-0.39, 0.29) is 0 Å². The van der Waals surface area contributed by atoms with Gasteiger partial charge in [0.1, 0.15) is 0 Å². The van der Waals surface area contributed by atoms with Gasteiger partial charge in [-0.1, -0.05) is 0 Å². The summed E-state index contributed by atoms with van der Waals surface area (Å²) in [6, 6.07) is 0.340. The van der Waals surface area contributed by atoms with Crippen LogP contribution < -0.4 is 5.32 Å². The highest BCUT2D eigenvalue weighted by Gasteiger charge is 1.92. The van der Waals surface area contributed by atoms with Crippen LogP contribution in [0.1, 0.15) is 27.7 Å². The zero-order valence-corrected chi connectivity index (χ0v) is 7.97. The zero-order valence-electron chi connectivity index (χ0n) is 7.97. The van der Waals surface area contributed by atoms with Gasteiger partial charge in [-0.25, -0.2) is 0 Å². The molecule has 3 nitrogen and oxygen atoms in total. The van der Waals surface area contributed by atoms with E-state index in [1.54, 1.807) is 7.05 Å². The van der Waals surface area contributed by atoms with Gasteiger partial charge in [0.05, 0.1) is 11.7 Å². The first-order chi connectivity index (χ1) is 5.06. The predicted molar refractivity (Wildman–Crippen MR) is 50.4 cm³/mol. The molecule has 0 fully saturated rings. The molecular formula is C8H17N3. The molecule has 0 spiro atoms. The molecule has 0 amide bonds. The molecule has 64 valence electrons. The SMILES string of the molecule is CN=C(C)NC(C)=NC(C)C. The Hall–Kier alpha value is -0.860. The van der Waals surface area contributed by atoms with Gasteiger partial charge in [0.15, 0.2) is 0 Å². The minimum atomic E-state index is 0.340. The summed E-state index contributed by atoms with van der Waals surface area (Å²) in [4.78, 5) is 8.25. The monoisotopic (exact) mass is 155 g/mol. The van der Waals surface area contributed by atoms with Crippen LogP contribution in [0.3, 0.4) is 0 Å². The van der Waals surface area contributed by atoms with Crippen LogP contribution in [0.15, 0.2) is 9.98 Å². The summed E-state index contributed by atoms with van der Waals surface area (Å²) in [5.41, 5.74) is 0. The molecule has 0 aliphatic carbocycles. The number of rotatable bonds is 1. The number of nitrogens with one attached hydrogen (secondary N) is 1. The summed E-state index contributed by atoms with van der Waals surface area (Å²) in [7, 11) is 1.75. The maximum Gasteiger partial charge on any atom is 0.0987 e. The molecule has 0 unspecified atom stereocenters. The number of amidine groups is 2. The molecule has 3 heteroatoms. The van der Waals surface area contributed by atoms with E-state index in [0.717, 1.165) is 11.7 Å². The van der Waals surface area contributed by atoms with Crippen molar-refractivity contribution in [1.29, 1.82) is 0 Å². The second-order valence-electron chi connectivity index (χ2n) is 2.74. The molecule has 0 atom stereocenters. The highest BCUT2D eigenvalue weighted by molar-refractivity contribution is 5.98. The lowest BCUT2D eigenvalue weighted by molar-refractivity contribution is 0.829. The summed E-state index contributed by atoms with van der Waals surface area (Å²) >= 11 is 0. The molecular weight excluding hydrogens is 138 g/mol. The normalized spacial score (nSPS) is 14.0. The highest BCUT2D eigenvalue weighted by Crippen LogP contribution is 1.85. The molecule has 0 aromatic heterocycles. The average Bonchev–Trinajstić information content (AvgIpc) is 1.85. The Morgan fingerprint density at radius 2 is 1.73 bits per heavy atom. The zero-order chi connectivity index (χ0) is 8.85. The smallest absolute Gasteiger partial charge is 0.0987 e. The number of hydrogen-bond acceptors (Lipinski definition) is 2. The fourth-order valence-electron chi connectivity index (χ4n) is 0.737. The molecule has 0 saturated carbocycles. The van der Waals surface area contributed by atoms with E-state index >= 15 is 0 Å². The Bertz CT molecular complexity index is 168. The maximum absolute atomic E-state index is 4.29. The molecule has 0 aliphatic heterocycles. The number of aliphatic imine (C=N–C) groups is 2. The summed E-state index contributed by atoms with van der Waals surface area (Å²) in [5.74, 6) is 1.81. The predicted octanol–water partition coefficient (Wildman–Crippen LogP) is 1.45. The molecule has 0 rings (SSSR count). The lowest BCUT2D eigenvalue weighted by atomic mass is 10.4. The van der Waals surface area contributed by atoms with E-state index in [9.17, 15) is 0 Å². The summed E-state index contributed by atoms with van der Waals surface area (Å²) < 4.78 is 0. The van der Waals surface area contributed by atoms with Crippen molar-refractivity contribution in [1.82, 2.24) is 5.32 Å². The molecule has 0 aliphatic rings. The van der Waals surface area contributed by atoms with Crippen LogP contribution in [0.4, 0.5) is 0 Å². The molecule has 1 N–H and O–H groups in total. The first-order valence-electron chi connectivity index (χ1n) is 3.81. The van der Waals surface area contributed by atoms with Gasteiger partial charge < -0.3 is 5.32 Å². The maximum atomic E-state index is 4.29. The van der Waals surface area contributed by atoms with E-state index in [1.807, 2.05) is 27.7 Å². The highest BCUT2D eigenvalue weighted by atomic mass is 15.0. The Labute approximate surface area is 68.6 Å². The minimum absolute atomic E-state index is 0.340. The first kappa shape index (κ1) is 10.1. The Morgan fingerprint density at radius 3 is 2.09 bits per heavy atom. The standard InChI is InChI=1S/C8H17N3/c1-6(2)10-8(4)11-7(3)9-5/h6H,1-5H3,(H,9,10,11). The topological polar surface area (TPSA) is 36.8 Å². The number of hydrogen-bond donors (Lipinski definition) is 1. The fraction of sp³-hybridized carbons (Fsp3) is 0.750. The summed E-state index contributed by atoms with van der Waals surface area (Å²) in [6.07, 6.45) is 0. The second-order valence-corrected chi connectivity index (χ2v) is 2.74. The van der Waals surface area contributed by atoms with Crippen LogP contribution in [0.5, 0.6) is 0 Å². The van der Waals surface area contributed by atoms with E-state index < -0.39 is 0 Å². The Kier molecular flexibility index (Phi) is 4.50. The lowest BCUT2D eigenvalue weighted by Crippen LogP contribution is -2.26. The molecule has 0 saturated heterocycles. The Balaban J connectivity index is 3.96. The Morgan fingerprint density at radius 1 is 1.18 bits per heavy atom. The quantitative estimate of drug-likeness (QED) is 0.451. The third kappa shape index (κ3) is 5.58. The molecule has 0 aromatic rings. The molecule has 0 radical (unpaired) electrons. The van der Waals surface area contributed by atoms with Gasteiger partial charge in [-0.3, -0.25) is 9.98 Å². The van der Waals surface area contributed by atoms with Crippen LogP contribution in [0.2, 0.25) is 0 Å². The molecule has 0 heterocycles. The number of nitrogens with zero attached hydrogens (tertiary/aromatic N) is 2. The van der Waals surface area contributed by atoms with Crippen molar-refractivity contribution < 1.29 is 0 Å². The van der Waals surface area contributed by atoms with Crippen molar-refractivity contribution in [2.75, 3.05) is 7.05 Å². The average molecular weight is 155 g/mol. The summed E-state index contributed by atoms with van der Waals surface area (Å²) in [6.45, 7) is 7.95. The van der Waals surface area contributed by atoms with Crippen molar-refractivity contribution in [3.63, 3.8) is 0 Å². The van der Waals surface area contributed by atoms with Gasteiger partial charge in [-0.05, 0) is 27.7 Å². The van der Waals surface area contributed by atoms with Crippen molar-refractivity contribution >= 4 is 11.7 Å². The van der Waals surface area contributed by atoms with E-state index in [2.05, 4.69) is 15.3 Å². The molecule has 0 bridgehead atoms. The van der Waals surface area contributed by atoms with Gasteiger partial charge in [0.2, 0.25) is 0 Å². The molecule has 0 aromatic carbocycles. The lowest BCUT2D eigenvalue weighted by Gasteiger charge is -2.05. The largest absolute Gasteiger partial charge is 0.333 e. The van der Waals surface area contributed by atoms with Gasteiger partial charge in [-0.15, -0.1) is 0 Å². The van der Waals surface area contributed by atoms with Crippen LogP contribution in [0.25, 0.3) is 0 Å². The minimum Gasteiger partial charge on any atom is -0.333 e. The first-order valence-corrected chi connectivity index (χ1v) is 3.81. The fourth-order valence-corrected chi connectivity index (χ4v) is 0.737. The van der Waals surface area contributed by atoms with Gasteiger partial charge >= 0.3 is 0 Å². The second kappa shape index (κ2) is 4.88. The van der Waals surface area contributed by atoms with Crippen LogP contribution in [-0.2, 0) is 0 Å². The van der Waals surface area contributed by atoms with E-state index in [0.29, 0.717) is 6.04 Å². The van der Waals surface area contributed by atoms with E-state index in [1.165, 1.54) is 0 Å². The molecule has 11 heavy (non-hydrogen) atoms. The van der Waals surface area contributed by atoms with E-state index in [4.69, 9.17) is 0 Å². The third-order valence-electron chi connectivity index (χ3n) is 1.15. The summed E-state index contributed by atoms with van der Waals surface area (Å²) in [5, 5.41) is 3.06. The van der Waals surface area contributed by atoms with Gasteiger partial charge in [-0.2, -0.15) is 0 Å². The van der Waals surface area contributed by atoms with Gasteiger partial charge in [0.25, 0.3) is 0 Å².